The Labute approximate surface area is 145 Å². The molecular formula is C19H21N3O3. The molecule has 0 aliphatic rings. The number of nitrogens with zero attached hydrogens (tertiary/aromatic N) is 2. The molecule has 25 heavy (non-hydrogen) atoms. The van der Waals surface area contributed by atoms with Gasteiger partial charge < -0.3 is 10.1 Å². The first kappa shape index (κ1) is 16.8. The zero-order valence-electron chi connectivity index (χ0n) is 14.4. The van der Waals surface area contributed by atoms with Crippen LogP contribution < -0.4 is 15.7 Å². The summed E-state index contributed by atoms with van der Waals surface area (Å²) in [6.45, 7) is 2.72. The van der Waals surface area contributed by atoms with Gasteiger partial charge in [-0.15, -0.1) is 0 Å². The molecule has 3 aromatic rings. The summed E-state index contributed by atoms with van der Waals surface area (Å²) in [4.78, 5) is 24.2. The molecule has 1 heterocycles. The van der Waals surface area contributed by atoms with E-state index in [1.54, 1.807) is 16.2 Å². The topological polar surface area (TPSA) is 65.3 Å². The molecule has 1 amide bonds. The van der Waals surface area contributed by atoms with Gasteiger partial charge in [0, 0.05) is 20.1 Å². The van der Waals surface area contributed by atoms with Crippen LogP contribution in [0.4, 0.5) is 0 Å². The summed E-state index contributed by atoms with van der Waals surface area (Å²) in [5.41, 5.74) is 2.78. The van der Waals surface area contributed by atoms with Gasteiger partial charge in [-0.1, -0.05) is 29.8 Å². The van der Waals surface area contributed by atoms with Gasteiger partial charge in [-0.3, -0.25) is 13.9 Å². The highest BCUT2D eigenvalue weighted by Gasteiger charge is 2.10. The van der Waals surface area contributed by atoms with E-state index in [9.17, 15) is 9.59 Å². The Morgan fingerprint density at radius 3 is 2.48 bits per heavy atom. The maximum atomic E-state index is 12.3. The normalized spacial score (nSPS) is 10.8. The average molecular weight is 339 g/mol. The van der Waals surface area contributed by atoms with Crippen LogP contribution in [0.15, 0.2) is 53.3 Å². The van der Waals surface area contributed by atoms with Crippen molar-refractivity contribution in [2.45, 2.75) is 13.5 Å². The Hall–Kier alpha value is -3.02. The molecule has 0 fully saturated rings. The molecule has 0 aliphatic heterocycles. The van der Waals surface area contributed by atoms with E-state index in [1.165, 1.54) is 0 Å². The molecule has 0 unspecified atom stereocenters. The molecular weight excluding hydrogens is 318 g/mol. The predicted octanol–water partition coefficient (Wildman–Crippen LogP) is 1.84. The van der Waals surface area contributed by atoms with E-state index in [0.717, 1.165) is 16.6 Å². The van der Waals surface area contributed by atoms with Gasteiger partial charge >= 0.3 is 5.69 Å². The third-order valence-corrected chi connectivity index (χ3v) is 4.10. The minimum Gasteiger partial charge on any atom is -0.484 e. The lowest BCUT2D eigenvalue weighted by molar-refractivity contribution is -0.123. The van der Waals surface area contributed by atoms with E-state index in [2.05, 4.69) is 5.32 Å². The number of aryl methyl sites for hydroxylation is 2. The van der Waals surface area contributed by atoms with E-state index in [4.69, 9.17) is 4.74 Å². The summed E-state index contributed by atoms with van der Waals surface area (Å²) >= 11 is 0. The Bertz CT molecular complexity index is 939. The van der Waals surface area contributed by atoms with Crippen molar-refractivity contribution in [1.82, 2.24) is 14.5 Å². The van der Waals surface area contributed by atoms with Crippen LogP contribution in [0, 0.1) is 6.92 Å². The molecule has 0 saturated heterocycles. The molecule has 130 valence electrons. The predicted molar refractivity (Wildman–Crippen MR) is 96.9 cm³/mol. The molecule has 0 radical (unpaired) electrons. The van der Waals surface area contributed by atoms with Gasteiger partial charge in [0.15, 0.2) is 6.61 Å². The van der Waals surface area contributed by atoms with Crippen LogP contribution in [0.3, 0.4) is 0 Å². The van der Waals surface area contributed by atoms with Crippen molar-refractivity contribution in [2.24, 2.45) is 7.05 Å². The maximum absolute atomic E-state index is 12.3. The minimum absolute atomic E-state index is 0.0481. The van der Waals surface area contributed by atoms with Crippen LogP contribution in [0.5, 0.6) is 5.75 Å². The van der Waals surface area contributed by atoms with E-state index in [1.807, 2.05) is 55.5 Å². The molecule has 1 aromatic heterocycles. The van der Waals surface area contributed by atoms with Crippen LogP contribution >= 0.6 is 0 Å². The van der Waals surface area contributed by atoms with Crippen molar-refractivity contribution in [3.63, 3.8) is 0 Å². The van der Waals surface area contributed by atoms with Crippen molar-refractivity contribution >= 4 is 16.9 Å². The highest BCUT2D eigenvalue weighted by atomic mass is 16.5. The number of nitrogens with one attached hydrogen (secondary N) is 1. The molecule has 6 heteroatoms. The van der Waals surface area contributed by atoms with Gasteiger partial charge in [-0.05, 0) is 31.2 Å². The Morgan fingerprint density at radius 2 is 1.76 bits per heavy atom. The number of hydrogen-bond acceptors (Lipinski definition) is 3. The fourth-order valence-corrected chi connectivity index (χ4v) is 2.72. The molecule has 2 aromatic carbocycles. The number of para-hydroxylation sites is 2. The van der Waals surface area contributed by atoms with E-state index < -0.39 is 0 Å². The average Bonchev–Trinajstić information content (AvgIpc) is 2.86. The number of carbonyl (C=O) groups is 1. The lowest BCUT2D eigenvalue weighted by Crippen LogP contribution is -2.33. The molecule has 0 spiro atoms. The van der Waals surface area contributed by atoms with Crippen molar-refractivity contribution in [1.29, 1.82) is 0 Å². The quantitative estimate of drug-likeness (QED) is 0.745. The van der Waals surface area contributed by atoms with Crippen LogP contribution in [-0.4, -0.2) is 28.2 Å². The van der Waals surface area contributed by atoms with Crippen LogP contribution in [0.1, 0.15) is 5.56 Å². The number of ether oxygens (including phenoxy) is 1. The largest absolute Gasteiger partial charge is 0.484 e. The van der Waals surface area contributed by atoms with Gasteiger partial charge in [-0.25, -0.2) is 4.79 Å². The third kappa shape index (κ3) is 3.74. The van der Waals surface area contributed by atoms with E-state index in [-0.39, 0.29) is 18.2 Å². The first-order chi connectivity index (χ1) is 12.1. The fraction of sp³-hybridized carbons (Fsp3) is 0.263. The second-order valence-corrected chi connectivity index (χ2v) is 5.93. The zero-order valence-corrected chi connectivity index (χ0v) is 14.4. The molecule has 1 N–H and O–H groups in total. The lowest BCUT2D eigenvalue weighted by Gasteiger charge is -2.08. The number of rotatable bonds is 6. The number of fused-ring (bicyclic) bond motifs is 1. The summed E-state index contributed by atoms with van der Waals surface area (Å²) in [6.07, 6.45) is 0. The Morgan fingerprint density at radius 1 is 1.08 bits per heavy atom. The first-order valence-electron chi connectivity index (χ1n) is 8.16. The lowest BCUT2D eigenvalue weighted by atomic mass is 10.2. The van der Waals surface area contributed by atoms with Crippen molar-refractivity contribution in [3.05, 3.63) is 64.6 Å². The summed E-state index contributed by atoms with van der Waals surface area (Å²) in [6, 6.07) is 15.1. The SMILES string of the molecule is Cc1ccc(OCC(=O)NCCn2c(=O)n(C)c3ccccc32)cc1. The summed E-state index contributed by atoms with van der Waals surface area (Å²) in [7, 11) is 1.75. The van der Waals surface area contributed by atoms with Gasteiger partial charge in [-0.2, -0.15) is 0 Å². The smallest absolute Gasteiger partial charge is 0.328 e. The molecule has 0 atom stereocenters. The van der Waals surface area contributed by atoms with Crippen LogP contribution in [0.25, 0.3) is 11.0 Å². The van der Waals surface area contributed by atoms with Crippen LogP contribution in [-0.2, 0) is 18.4 Å². The summed E-state index contributed by atoms with van der Waals surface area (Å²) in [5.74, 6) is 0.444. The number of amides is 1. The second kappa shape index (κ2) is 7.25. The van der Waals surface area contributed by atoms with Gasteiger partial charge in [0.2, 0.25) is 0 Å². The Kier molecular flexibility index (Phi) is 4.88. The van der Waals surface area contributed by atoms with Crippen molar-refractivity contribution in [3.8, 4) is 5.75 Å². The molecule has 0 bridgehead atoms. The molecule has 3 rings (SSSR count). The summed E-state index contributed by atoms with van der Waals surface area (Å²) in [5, 5.41) is 2.78. The monoisotopic (exact) mass is 339 g/mol. The van der Waals surface area contributed by atoms with E-state index in [0.29, 0.717) is 18.8 Å². The van der Waals surface area contributed by atoms with Crippen molar-refractivity contribution in [2.75, 3.05) is 13.2 Å². The van der Waals surface area contributed by atoms with Crippen molar-refractivity contribution < 1.29 is 9.53 Å². The Balaban J connectivity index is 1.54. The molecule has 0 saturated carbocycles. The number of hydrogen-bond donors (Lipinski definition) is 1. The number of aromatic nitrogens is 2. The first-order valence-corrected chi connectivity index (χ1v) is 8.16. The third-order valence-electron chi connectivity index (χ3n) is 4.10. The molecule has 0 aliphatic carbocycles. The standard InChI is InChI=1S/C19H21N3O3/c1-14-7-9-15(10-8-14)25-13-18(23)20-11-12-22-17-6-4-3-5-16(17)21(2)19(22)24/h3-10H,11-13H2,1-2H3,(H,20,23). The number of benzene rings is 2. The highest BCUT2D eigenvalue weighted by molar-refractivity contribution is 5.77. The van der Waals surface area contributed by atoms with Gasteiger partial charge in [0.05, 0.1) is 11.0 Å². The van der Waals surface area contributed by atoms with E-state index >= 15 is 0 Å². The highest BCUT2D eigenvalue weighted by Crippen LogP contribution is 2.12. The van der Waals surface area contributed by atoms with Crippen LogP contribution in [0.2, 0.25) is 0 Å². The number of imidazole rings is 1. The minimum atomic E-state index is -0.214. The molecule has 6 nitrogen and oxygen atoms in total. The second-order valence-electron chi connectivity index (χ2n) is 5.93. The van der Waals surface area contributed by atoms with Gasteiger partial charge in [0.1, 0.15) is 5.75 Å². The van der Waals surface area contributed by atoms with Gasteiger partial charge in [0.25, 0.3) is 5.91 Å². The fourth-order valence-electron chi connectivity index (χ4n) is 2.72. The zero-order chi connectivity index (χ0) is 17.8. The maximum Gasteiger partial charge on any atom is 0.328 e. The number of carbonyl (C=O) groups excluding carboxylic acids is 1. The summed E-state index contributed by atoms with van der Waals surface area (Å²) < 4.78 is 8.71.